The third kappa shape index (κ3) is 7.38. The van der Waals surface area contributed by atoms with Gasteiger partial charge in [-0.3, -0.25) is 0 Å². The average molecular weight is 873 g/mol. The van der Waals surface area contributed by atoms with Gasteiger partial charge in [-0.15, -0.1) is 0 Å². The molecule has 0 saturated carbocycles. The van der Waals surface area contributed by atoms with Gasteiger partial charge in [-0.1, -0.05) is 190 Å². The quantitative estimate of drug-likeness (QED) is 0.115. The van der Waals surface area contributed by atoms with Gasteiger partial charge in [0.05, 0.1) is 16.7 Å². The fraction of sp³-hybridized carbons (Fsp3) is 0. The summed E-state index contributed by atoms with van der Waals surface area (Å²) in [4.78, 5) is 15.9. The Hall–Kier alpha value is -9.19. The Morgan fingerprint density at radius 1 is 0.485 bits per heavy atom. The highest BCUT2D eigenvalue weighted by Crippen LogP contribution is 2.46. The van der Waals surface area contributed by atoms with Crippen molar-refractivity contribution in [2.45, 2.75) is 0 Å². The van der Waals surface area contributed by atoms with E-state index in [2.05, 4.69) is 146 Å². The van der Waals surface area contributed by atoms with E-state index in [-0.39, 0.29) is 0 Å². The van der Waals surface area contributed by atoms with Gasteiger partial charge in [0, 0.05) is 49.4 Å². The van der Waals surface area contributed by atoms with Gasteiger partial charge in [0.15, 0.2) is 17.5 Å². The molecule has 322 valence electrons. The topological polar surface area (TPSA) is 56.7 Å². The van der Waals surface area contributed by atoms with E-state index < -0.39 is 0 Å². The van der Waals surface area contributed by atoms with Crippen molar-refractivity contribution in [1.82, 2.24) is 19.5 Å². The van der Waals surface area contributed by atoms with Crippen LogP contribution in [0.5, 0.6) is 0 Å². The third-order valence-corrected chi connectivity index (χ3v) is 12.5. The van der Waals surface area contributed by atoms with E-state index >= 15 is 0 Å². The third-order valence-electron chi connectivity index (χ3n) is 12.5. The van der Waals surface area contributed by atoms with Gasteiger partial charge >= 0.3 is 0 Å². The second kappa shape index (κ2) is 17.7. The summed E-state index contributed by atoms with van der Waals surface area (Å²) in [5, 5.41) is 4.41. The molecule has 0 fully saturated rings. The van der Waals surface area contributed by atoms with Crippen molar-refractivity contribution in [1.29, 1.82) is 0 Å². The van der Waals surface area contributed by atoms with Crippen LogP contribution in [0.25, 0.3) is 117 Å². The molecule has 0 atom stereocenters. The second-order valence-electron chi connectivity index (χ2n) is 16.6. The minimum Gasteiger partial charge on any atom is -0.456 e. The zero-order chi connectivity index (χ0) is 46.1. The number of furan rings is 1. The average Bonchev–Trinajstić information content (AvgIpc) is 3.95. The standard InChI is InChI=1S/C63H44N4O/c1-5-8-23-41(4)46-36-47(43-24-12-9-13-25-43)38-48(37-46)62-64-61(45-28-16-11-17-29-45)65-63(66-62)49-39-52(42(7-3)22-6-2)60(53(40-49)44-26-14-10-15-27-44)67-54-32-20-18-30-50(54)58-55(67)34-35-57-59(58)51-31-19-21-33-56(51)68-57/h5-40H,1-4H2/b23-8-,42-22+. The van der Waals surface area contributed by atoms with Crippen LogP contribution >= 0.6 is 0 Å². The van der Waals surface area contributed by atoms with Crippen molar-refractivity contribution >= 4 is 54.9 Å². The van der Waals surface area contributed by atoms with Gasteiger partial charge in [-0.25, -0.2) is 15.0 Å². The molecule has 5 heteroatoms. The Balaban J connectivity index is 1.23. The lowest BCUT2D eigenvalue weighted by molar-refractivity contribution is 0.669. The Bertz CT molecular complexity index is 3850. The van der Waals surface area contributed by atoms with Gasteiger partial charge in [0.1, 0.15) is 11.2 Å². The summed E-state index contributed by atoms with van der Waals surface area (Å²) >= 11 is 0. The van der Waals surface area contributed by atoms with Gasteiger partial charge in [0.2, 0.25) is 0 Å². The number of rotatable bonds is 12. The Morgan fingerprint density at radius 3 is 1.78 bits per heavy atom. The number of aromatic nitrogens is 4. The molecule has 0 aliphatic heterocycles. The number of nitrogens with zero attached hydrogens (tertiary/aromatic N) is 4. The zero-order valence-electron chi connectivity index (χ0n) is 37.3. The van der Waals surface area contributed by atoms with Crippen LogP contribution in [0, 0.1) is 0 Å². The van der Waals surface area contributed by atoms with Crippen molar-refractivity contribution in [3.63, 3.8) is 0 Å². The molecular formula is C63H44N4O. The molecule has 11 rings (SSSR count). The van der Waals surface area contributed by atoms with Crippen molar-refractivity contribution in [2.75, 3.05) is 0 Å². The minimum atomic E-state index is 0.520. The van der Waals surface area contributed by atoms with Crippen molar-refractivity contribution in [3.05, 3.63) is 256 Å². The number of hydrogen-bond donors (Lipinski definition) is 0. The Labute approximate surface area is 395 Å². The van der Waals surface area contributed by atoms with Crippen LogP contribution in [-0.4, -0.2) is 19.5 Å². The molecule has 68 heavy (non-hydrogen) atoms. The molecule has 0 N–H and O–H groups in total. The smallest absolute Gasteiger partial charge is 0.164 e. The molecular weight excluding hydrogens is 829 g/mol. The predicted molar refractivity (Wildman–Crippen MR) is 285 cm³/mol. The maximum atomic E-state index is 6.47. The molecule has 3 aromatic heterocycles. The largest absolute Gasteiger partial charge is 0.456 e. The second-order valence-corrected chi connectivity index (χ2v) is 16.6. The van der Waals surface area contributed by atoms with E-state index in [0.29, 0.717) is 17.5 Å². The molecule has 0 aliphatic carbocycles. The summed E-state index contributed by atoms with van der Waals surface area (Å²) in [6.07, 6.45) is 11.3. The lowest BCUT2D eigenvalue weighted by Gasteiger charge is -2.21. The van der Waals surface area contributed by atoms with E-state index in [9.17, 15) is 0 Å². The molecule has 0 radical (unpaired) electrons. The first kappa shape index (κ1) is 41.5. The molecule has 3 heterocycles. The maximum absolute atomic E-state index is 6.47. The van der Waals surface area contributed by atoms with E-state index in [4.69, 9.17) is 19.4 Å². The normalized spacial score (nSPS) is 11.8. The molecule has 0 amide bonds. The summed E-state index contributed by atoms with van der Waals surface area (Å²) < 4.78 is 8.86. The minimum absolute atomic E-state index is 0.520. The van der Waals surface area contributed by atoms with Crippen LogP contribution in [0.1, 0.15) is 11.1 Å². The van der Waals surface area contributed by atoms with Gasteiger partial charge in [-0.2, -0.15) is 0 Å². The lowest BCUT2D eigenvalue weighted by Crippen LogP contribution is -2.05. The number of hydrogen-bond acceptors (Lipinski definition) is 4. The fourth-order valence-electron chi connectivity index (χ4n) is 9.34. The highest BCUT2D eigenvalue weighted by Gasteiger charge is 2.25. The van der Waals surface area contributed by atoms with E-state index in [1.54, 1.807) is 6.08 Å². The van der Waals surface area contributed by atoms with Gasteiger partial charge in [0.25, 0.3) is 0 Å². The van der Waals surface area contributed by atoms with Crippen molar-refractivity contribution in [3.8, 4) is 62.1 Å². The lowest BCUT2D eigenvalue weighted by atomic mass is 9.92. The highest BCUT2D eigenvalue weighted by molar-refractivity contribution is 6.27. The number of allylic oxidation sites excluding steroid dienone is 8. The van der Waals surface area contributed by atoms with E-state index in [1.165, 1.54) is 0 Å². The zero-order valence-corrected chi connectivity index (χ0v) is 37.3. The Kier molecular flexibility index (Phi) is 10.8. The maximum Gasteiger partial charge on any atom is 0.164 e. The number of para-hydroxylation sites is 2. The van der Waals surface area contributed by atoms with E-state index in [1.807, 2.05) is 97.1 Å². The summed E-state index contributed by atoms with van der Waals surface area (Å²) in [7, 11) is 0. The van der Waals surface area contributed by atoms with E-state index in [0.717, 1.165) is 111 Å². The molecule has 0 bridgehead atoms. The van der Waals surface area contributed by atoms with Gasteiger partial charge < -0.3 is 8.98 Å². The molecule has 11 aromatic rings. The molecule has 0 unspecified atom stereocenters. The van der Waals surface area contributed by atoms with Crippen LogP contribution < -0.4 is 0 Å². The van der Waals surface area contributed by atoms with Crippen molar-refractivity contribution in [2.24, 2.45) is 0 Å². The summed E-state index contributed by atoms with van der Waals surface area (Å²) in [6, 6.07) is 62.9. The first-order valence-electron chi connectivity index (χ1n) is 22.5. The van der Waals surface area contributed by atoms with Crippen LogP contribution in [-0.2, 0) is 0 Å². The molecule has 0 aliphatic rings. The van der Waals surface area contributed by atoms with Crippen LogP contribution in [0.2, 0.25) is 0 Å². The highest BCUT2D eigenvalue weighted by atomic mass is 16.3. The predicted octanol–water partition coefficient (Wildman–Crippen LogP) is 16.7. The van der Waals surface area contributed by atoms with Crippen molar-refractivity contribution < 1.29 is 4.42 Å². The summed E-state index contributed by atoms with van der Waals surface area (Å²) in [6.45, 7) is 16.8. The number of fused-ring (bicyclic) bond motifs is 7. The first-order chi connectivity index (χ1) is 33.5. The molecule has 5 nitrogen and oxygen atoms in total. The molecule has 0 saturated heterocycles. The number of benzene rings is 8. The molecule has 0 spiro atoms. The Morgan fingerprint density at radius 2 is 1.09 bits per heavy atom. The molecule has 8 aromatic carbocycles. The van der Waals surface area contributed by atoms with Crippen LogP contribution in [0.15, 0.2) is 249 Å². The SMILES string of the molecule is C=C/C=C\C(=C)c1cc(-c2ccccc2)cc(-c2nc(-c3ccccc3)nc(-c3cc(/C(C=C)=C/C=C)c(-n4c5ccccc5c5c6c(ccc54)oc4ccccc46)c(-c4ccccc4)c3)n2)c1. The van der Waals surface area contributed by atoms with Crippen LogP contribution in [0.3, 0.4) is 0 Å². The summed E-state index contributed by atoms with van der Waals surface area (Å²) in [5.41, 5.74) is 15.0. The van der Waals surface area contributed by atoms with Crippen LogP contribution in [0.4, 0.5) is 0 Å². The summed E-state index contributed by atoms with van der Waals surface area (Å²) in [5.74, 6) is 1.61. The monoisotopic (exact) mass is 872 g/mol. The fourth-order valence-corrected chi connectivity index (χ4v) is 9.34. The first-order valence-corrected chi connectivity index (χ1v) is 22.5. The van der Waals surface area contributed by atoms with Gasteiger partial charge in [-0.05, 0) is 88.0 Å².